The summed E-state index contributed by atoms with van der Waals surface area (Å²) in [5.41, 5.74) is 0. The molecule has 0 bridgehead atoms. The van der Waals surface area contributed by atoms with Crippen molar-refractivity contribution in [2.75, 3.05) is 13.1 Å². The zero-order valence-corrected chi connectivity index (χ0v) is 11.7. The number of nitrogens with one attached hydrogen (secondary N) is 1. The Hall–Kier alpha value is -0.780. The number of hydrogen-bond donors (Lipinski definition) is 1. The third-order valence-corrected chi connectivity index (χ3v) is 3.41. The molecule has 2 aliphatic rings. The number of rotatable bonds is 1. The van der Waals surface area contributed by atoms with Crippen molar-refractivity contribution in [3.8, 4) is 0 Å². The van der Waals surface area contributed by atoms with Crippen LogP contribution in [0, 0.1) is 0 Å². The van der Waals surface area contributed by atoms with Gasteiger partial charge in [0, 0.05) is 25.5 Å². The van der Waals surface area contributed by atoms with E-state index in [0.717, 1.165) is 38.3 Å². The van der Waals surface area contributed by atoms with Gasteiger partial charge in [-0.15, -0.1) is 24.8 Å². The summed E-state index contributed by atoms with van der Waals surface area (Å²) in [5, 5.41) is 3.25. The van der Waals surface area contributed by atoms with Gasteiger partial charge in [-0.25, -0.2) is 4.98 Å². The van der Waals surface area contributed by atoms with Crippen LogP contribution in [-0.4, -0.2) is 39.5 Å². The molecule has 1 amide bonds. The molecule has 1 aromatic rings. The highest BCUT2D eigenvalue weighted by Gasteiger charge is 2.29. The first kappa shape index (κ1) is 15.3. The van der Waals surface area contributed by atoms with Crippen LogP contribution in [0.5, 0.6) is 0 Å². The maximum absolute atomic E-state index is 12.2. The summed E-state index contributed by atoms with van der Waals surface area (Å²) in [6.45, 7) is 3.30. The fourth-order valence-corrected chi connectivity index (χ4v) is 2.48. The highest BCUT2D eigenvalue weighted by Crippen LogP contribution is 2.14. The van der Waals surface area contributed by atoms with Gasteiger partial charge in [-0.05, 0) is 19.4 Å². The van der Waals surface area contributed by atoms with Crippen LogP contribution in [0.1, 0.15) is 18.7 Å². The van der Waals surface area contributed by atoms with E-state index in [1.165, 1.54) is 0 Å². The summed E-state index contributed by atoms with van der Waals surface area (Å²) in [6.07, 6.45) is 5.87. The van der Waals surface area contributed by atoms with Gasteiger partial charge >= 0.3 is 0 Å². The van der Waals surface area contributed by atoms with E-state index in [1.807, 2.05) is 11.1 Å². The second-order valence-corrected chi connectivity index (χ2v) is 4.45. The smallest absolute Gasteiger partial charge is 0.240 e. The first-order chi connectivity index (χ1) is 7.84. The van der Waals surface area contributed by atoms with Crippen LogP contribution in [0.2, 0.25) is 0 Å². The molecule has 7 heteroatoms. The molecule has 1 unspecified atom stereocenters. The van der Waals surface area contributed by atoms with Crippen LogP contribution in [0.3, 0.4) is 0 Å². The summed E-state index contributed by atoms with van der Waals surface area (Å²) in [7, 11) is 0. The number of fused-ring (bicyclic) bond motifs is 1. The van der Waals surface area contributed by atoms with E-state index in [0.29, 0.717) is 6.54 Å². The average Bonchev–Trinajstić information content (AvgIpc) is 2.98. The minimum atomic E-state index is 0. The van der Waals surface area contributed by atoms with Crippen LogP contribution in [0.4, 0.5) is 0 Å². The van der Waals surface area contributed by atoms with Gasteiger partial charge in [0.05, 0.1) is 12.6 Å². The number of hydrogen-bond acceptors (Lipinski definition) is 3. The van der Waals surface area contributed by atoms with Gasteiger partial charge in [-0.1, -0.05) is 0 Å². The minimum Gasteiger partial charge on any atom is -0.332 e. The van der Waals surface area contributed by atoms with E-state index in [-0.39, 0.29) is 36.8 Å². The number of carbonyl (C=O) groups excluding carboxylic acids is 1. The van der Waals surface area contributed by atoms with Gasteiger partial charge in [0.15, 0.2) is 0 Å². The fraction of sp³-hybridized carbons (Fsp3) is 0.636. The van der Waals surface area contributed by atoms with Crippen molar-refractivity contribution >= 4 is 30.7 Å². The van der Waals surface area contributed by atoms with E-state index in [2.05, 4.69) is 14.9 Å². The lowest BCUT2D eigenvalue weighted by atomic mass is 10.2. The van der Waals surface area contributed by atoms with Crippen molar-refractivity contribution in [1.82, 2.24) is 19.8 Å². The quantitative estimate of drug-likeness (QED) is 0.834. The van der Waals surface area contributed by atoms with Gasteiger partial charge in [-0.3, -0.25) is 4.79 Å². The lowest BCUT2D eigenvalue weighted by molar-refractivity contribution is -0.134. The molecule has 3 rings (SSSR count). The van der Waals surface area contributed by atoms with Crippen molar-refractivity contribution in [2.45, 2.75) is 32.0 Å². The molecular formula is C11H18Cl2N4O. The molecule has 102 valence electrons. The predicted molar refractivity (Wildman–Crippen MR) is 73.2 cm³/mol. The van der Waals surface area contributed by atoms with Crippen LogP contribution in [-0.2, 0) is 17.9 Å². The lowest BCUT2D eigenvalue weighted by Crippen LogP contribution is -2.46. The summed E-state index contributed by atoms with van der Waals surface area (Å²) in [6, 6.07) is 0.0431. The Morgan fingerprint density at radius 2 is 2.22 bits per heavy atom. The summed E-state index contributed by atoms with van der Waals surface area (Å²) in [4.78, 5) is 18.3. The van der Waals surface area contributed by atoms with Crippen LogP contribution in [0.15, 0.2) is 12.4 Å². The van der Waals surface area contributed by atoms with Crippen LogP contribution < -0.4 is 5.32 Å². The zero-order chi connectivity index (χ0) is 11.0. The molecule has 0 radical (unpaired) electrons. The third kappa shape index (κ3) is 2.79. The molecule has 1 N–H and O–H groups in total. The van der Waals surface area contributed by atoms with Crippen molar-refractivity contribution < 1.29 is 4.79 Å². The Balaban J connectivity index is 0.000000810. The van der Waals surface area contributed by atoms with Crippen molar-refractivity contribution in [3.63, 3.8) is 0 Å². The van der Waals surface area contributed by atoms with Gasteiger partial charge < -0.3 is 14.8 Å². The van der Waals surface area contributed by atoms with Gasteiger partial charge in [0.25, 0.3) is 0 Å². The molecule has 1 aromatic heterocycles. The molecular weight excluding hydrogens is 275 g/mol. The number of carbonyl (C=O) groups is 1. The maximum Gasteiger partial charge on any atom is 0.240 e. The van der Waals surface area contributed by atoms with E-state index in [9.17, 15) is 4.79 Å². The zero-order valence-electron chi connectivity index (χ0n) is 10.0. The number of imidazole rings is 1. The minimum absolute atomic E-state index is 0. The Kier molecular flexibility index (Phi) is 5.44. The summed E-state index contributed by atoms with van der Waals surface area (Å²) in [5.74, 6) is 1.24. The van der Waals surface area contributed by atoms with Crippen molar-refractivity contribution in [2.24, 2.45) is 0 Å². The van der Waals surface area contributed by atoms with Crippen molar-refractivity contribution in [1.29, 1.82) is 0 Å². The summed E-state index contributed by atoms with van der Waals surface area (Å²) < 4.78 is 2.12. The molecule has 5 nitrogen and oxygen atoms in total. The Morgan fingerprint density at radius 1 is 1.39 bits per heavy atom. The van der Waals surface area contributed by atoms with Gasteiger partial charge in [0.2, 0.25) is 5.91 Å². The molecule has 3 heterocycles. The van der Waals surface area contributed by atoms with Crippen molar-refractivity contribution in [3.05, 3.63) is 18.2 Å². The highest BCUT2D eigenvalue weighted by molar-refractivity contribution is 5.85. The van der Waals surface area contributed by atoms with E-state index in [4.69, 9.17) is 0 Å². The Bertz CT molecular complexity index is 404. The molecule has 18 heavy (non-hydrogen) atoms. The Labute approximate surface area is 119 Å². The standard InChI is InChI=1S/C11H16N4O.2ClH/c16-11(9-2-1-3-12-9)15-7-6-14-5-4-13-10(14)8-15;;/h4-5,9,12H,1-3,6-8H2;2*1H. The molecule has 0 saturated carbocycles. The molecule has 1 fully saturated rings. The normalized spacial score (nSPS) is 21.8. The van der Waals surface area contributed by atoms with Crippen LogP contribution in [0.25, 0.3) is 0 Å². The summed E-state index contributed by atoms with van der Waals surface area (Å²) >= 11 is 0. The van der Waals surface area contributed by atoms with Crippen LogP contribution >= 0.6 is 24.8 Å². The second-order valence-electron chi connectivity index (χ2n) is 4.45. The SMILES string of the molecule is Cl.Cl.O=C(C1CCCN1)N1CCn2ccnc2C1. The molecule has 1 atom stereocenters. The first-order valence-electron chi connectivity index (χ1n) is 5.87. The maximum atomic E-state index is 12.2. The van der Waals surface area contributed by atoms with Gasteiger partial charge in [-0.2, -0.15) is 0 Å². The predicted octanol–water partition coefficient (Wildman–Crippen LogP) is 0.821. The van der Waals surface area contributed by atoms with E-state index in [1.54, 1.807) is 6.20 Å². The molecule has 0 aromatic carbocycles. The molecule has 2 aliphatic heterocycles. The number of amides is 1. The molecule has 1 saturated heterocycles. The van der Waals surface area contributed by atoms with E-state index >= 15 is 0 Å². The fourth-order valence-electron chi connectivity index (χ4n) is 2.48. The van der Waals surface area contributed by atoms with E-state index < -0.39 is 0 Å². The number of nitrogens with zero attached hydrogens (tertiary/aromatic N) is 3. The molecule has 0 aliphatic carbocycles. The largest absolute Gasteiger partial charge is 0.332 e. The average molecular weight is 293 g/mol. The Morgan fingerprint density at radius 3 is 2.94 bits per heavy atom. The first-order valence-corrected chi connectivity index (χ1v) is 5.87. The number of aromatic nitrogens is 2. The topological polar surface area (TPSA) is 50.2 Å². The molecule has 0 spiro atoms. The van der Waals surface area contributed by atoms with Gasteiger partial charge in [0.1, 0.15) is 5.82 Å². The highest BCUT2D eigenvalue weighted by atomic mass is 35.5. The number of halogens is 2. The second kappa shape index (κ2) is 6.41. The monoisotopic (exact) mass is 292 g/mol. The third-order valence-electron chi connectivity index (χ3n) is 3.41. The lowest BCUT2D eigenvalue weighted by Gasteiger charge is -2.29.